The number of rotatable bonds is 6. The average molecular weight is 266 g/mol. The highest BCUT2D eigenvalue weighted by atomic mass is 32.2. The van der Waals surface area contributed by atoms with Crippen LogP contribution in [0.15, 0.2) is 28.7 Å². The van der Waals surface area contributed by atoms with Crippen LogP contribution in [0.4, 0.5) is 0 Å². The summed E-state index contributed by atoms with van der Waals surface area (Å²) in [6.45, 7) is 0.656. The number of benzene rings is 1. The summed E-state index contributed by atoms with van der Waals surface area (Å²) in [7, 11) is 1.65. The minimum Gasteiger partial charge on any atom is -0.475 e. The van der Waals surface area contributed by atoms with Gasteiger partial charge in [0, 0.05) is 29.6 Å². The van der Waals surface area contributed by atoms with Crippen molar-refractivity contribution < 1.29 is 19.1 Å². The van der Waals surface area contributed by atoms with Crippen molar-refractivity contribution in [3.8, 4) is 0 Å². The van der Waals surface area contributed by atoms with Crippen LogP contribution in [-0.2, 0) is 10.5 Å². The van der Waals surface area contributed by atoms with E-state index in [2.05, 4.69) is 0 Å². The van der Waals surface area contributed by atoms with Crippen LogP contribution in [-0.4, -0.2) is 30.5 Å². The third-order valence-corrected chi connectivity index (χ3v) is 3.52. The number of hydrogen-bond acceptors (Lipinski definition) is 4. The standard InChI is InChI=1S/C13H14O4S/c1-16-6-7-18-8-10-9-4-2-3-5-11(9)17-12(10)13(14)15/h2-5H,6-8H2,1H3,(H,14,15). The van der Waals surface area contributed by atoms with Gasteiger partial charge in [-0.1, -0.05) is 18.2 Å². The topological polar surface area (TPSA) is 59.7 Å². The first-order valence-corrected chi connectivity index (χ1v) is 6.70. The number of thioether (sulfide) groups is 1. The fourth-order valence-corrected chi connectivity index (χ4v) is 2.65. The van der Waals surface area contributed by atoms with Gasteiger partial charge in [0.15, 0.2) is 0 Å². The van der Waals surface area contributed by atoms with Crippen molar-refractivity contribution in [3.05, 3.63) is 35.6 Å². The molecule has 2 aromatic rings. The van der Waals surface area contributed by atoms with E-state index < -0.39 is 5.97 Å². The fraction of sp³-hybridized carbons (Fsp3) is 0.308. The van der Waals surface area contributed by atoms with Crippen LogP contribution in [0.3, 0.4) is 0 Å². The Hall–Kier alpha value is -1.46. The van der Waals surface area contributed by atoms with Gasteiger partial charge in [-0.3, -0.25) is 0 Å². The largest absolute Gasteiger partial charge is 0.475 e. The highest BCUT2D eigenvalue weighted by Crippen LogP contribution is 2.29. The quantitative estimate of drug-likeness (QED) is 0.814. The van der Waals surface area contributed by atoms with Gasteiger partial charge in [-0.05, 0) is 6.07 Å². The Bertz CT molecular complexity index is 547. The maximum atomic E-state index is 11.2. The minimum absolute atomic E-state index is 0.0427. The van der Waals surface area contributed by atoms with E-state index in [0.717, 1.165) is 16.7 Å². The van der Waals surface area contributed by atoms with Crippen LogP contribution in [0, 0.1) is 0 Å². The van der Waals surface area contributed by atoms with Crippen LogP contribution in [0.1, 0.15) is 16.1 Å². The van der Waals surface area contributed by atoms with Crippen molar-refractivity contribution in [1.29, 1.82) is 0 Å². The molecular weight excluding hydrogens is 252 g/mol. The molecule has 5 heteroatoms. The SMILES string of the molecule is COCCSCc1c(C(=O)O)oc2ccccc12. The number of carboxylic acids is 1. The Morgan fingerprint density at radius 2 is 2.22 bits per heavy atom. The molecule has 2 rings (SSSR count). The molecule has 0 aliphatic heterocycles. The fourth-order valence-electron chi connectivity index (χ4n) is 1.73. The van der Waals surface area contributed by atoms with Gasteiger partial charge in [-0.2, -0.15) is 11.8 Å². The monoisotopic (exact) mass is 266 g/mol. The van der Waals surface area contributed by atoms with Gasteiger partial charge >= 0.3 is 5.97 Å². The van der Waals surface area contributed by atoms with Gasteiger partial charge in [0.1, 0.15) is 5.58 Å². The van der Waals surface area contributed by atoms with Crippen LogP contribution in [0.5, 0.6) is 0 Å². The molecule has 0 amide bonds. The lowest BCUT2D eigenvalue weighted by Gasteiger charge is -2.00. The molecule has 0 saturated heterocycles. The molecule has 1 aromatic heterocycles. The Labute approximate surface area is 109 Å². The number of para-hydroxylation sites is 1. The minimum atomic E-state index is -1.02. The summed E-state index contributed by atoms with van der Waals surface area (Å²) < 4.78 is 10.3. The summed E-state index contributed by atoms with van der Waals surface area (Å²) in [5, 5.41) is 10.0. The first-order valence-electron chi connectivity index (χ1n) is 5.54. The summed E-state index contributed by atoms with van der Waals surface area (Å²) in [4.78, 5) is 11.2. The molecule has 0 saturated carbocycles. The third-order valence-electron chi connectivity index (χ3n) is 2.57. The van der Waals surface area contributed by atoms with Crippen LogP contribution >= 0.6 is 11.8 Å². The lowest BCUT2D eigenvalue weighted by molar-refractivity contribution is 0.0664. The first-order chi connectivity index (χ1) is 8.74. The zero-order valence-corrected chi connectivity index (χ0v) is 10.8. The molecule has 1 N–H and O–H groups in total. The van der Waals surface area contributed by atoms with Gasteiger partial charge in [0.25, 0.3) is 0 Å². The van der Waals surface area contributed by atoms with E-state index in [1.54, 1.807) is 24.9 Å². The number of fused-ring (bicyclic) bond motifs is 1. The van der Waals surface area contributed by atoms with Crippen LogP contribution in [0.25, 0.3) is 11.0 Å². The first kappa shape index (κ1) is 13.0. The molecule has 18 heavy (non-hydrogen) atoms. The van der Waals surface area contributed by atoms with E-state index in [1.807, 2.05) is 18.2 Å². The number of carbonyl (C=O) groups is 1. The predicted molar refractivity (Wildman–Crippen MR) is 71.2 cm³/mol. The van der Waals surface area contributed by atoms with Crippen molar-refractivity contribution in [3.63, 3.8) is 0 Å². The van der Waals surface area contributed by atoms with E-state index in [1.165, 1.54) is 0 Å². The molecule has 0 aliphatic rings. The Morgan fingerprint density at radius 3 is 2.94 bits per heavy atom. The molecule has 0 bridgehead atoms. The third kappa shape index (κ3) is 2.68. The van der Waals surface area contributed by atoms with Crippen LogP contribution < -0.4 is 0 Å². The molecule has 0 fully saturated rings. The number of aromatic carboxylic acids is 1. The molecule has 0 aliphatic carbocycles. The smallest absolute Gasteiger partial charge is 0.372 e. The zero-order chi connectivity index (χ0) is 13.0. The summed E-state index contributed by atoms with van der Waals surface area (Å²) in [6.07, 6.45) is 0. The van der Waals surface area contributed by atoms with Gasteiger partial charge in [-0.15, -0.1) is 0 Å². The van der Waals surface area contributed by atoms with E-state index >= 15 is 0 Å². The second-order valence-electron chi connectivity index (χ2n) is 3.76. The van der Waals surface area contributed by atoms with Crippen molar-refractivity contribution in [2.45, 2.75) is 5.75 Å². The molecule has 0 unspecified atom stereocenters. The van der Waals surface area contributed by atoms with E-state index in [0.29, 0.717) is 17.9 Å². The number of ether oxygens (including phenoxy) is 1. The van der Waals surface area contributed by atoms with Crippen LogP contribution in [0.2, 0.25) is 0 Å². The second kappa shape index (κ2) is 5.93. The average Bonchev–Trinajstić information content (AvgIpc) is 2.74. The van der Waals surface area contributed by atoms with Crippen molar-refractivity contribution in [1.82, 2.24) is 0 Å². The summed E-state index contributed by atoms with van der Waals surface area (Å²) in [6, 6.07) is 7.38. The number of methoxy groups -OCH3 is 1. The molecule has 4 nitrogen and oxygen atoms in total. The van der Waals surface area contributed by atoms with Gasteiger partial charge in [0.2, 0.25) is 5.76 Å². The van der Waals surface area contributed by atoms with E-state index in [9.17, 15) is 4.79 Å². The van der Waals surface area contributed by atoms with Gasteiger partial charge in [-0.25, -0.2) is 4.79 Å². The van der Waals surface area contributed by atoms with Gasteiger partial charge in [0.05, 0.1) is 6.61 Å². The maximum Gasteiger partial charge on any atom is 0.372 e. The highest BCUT2D eigenvalue weighted by molar-refractivity contribution is 7.98. The summed E-state index contributed by atoms with van der Waals surface area (Å²) in [5.74, 6) is 0.464. The summed E-state index contributed by atoms with van der Waals surface area (Å²) >= 11 is 1.63. The zero-order valence-electron chi connectivity index (χ0n) is 10.0. The number of hydrogen-bond donors (Lipinski definition) is 1. The molecule has 1 aromatic carbocycles. The molecule has 0 radical (unpaired) electrons. The lowest BCUT2D eigenvalue weighted by atomic mass is 10.1. The highest BCUT2D eigenvalue weighted by Gasteiger charge is 2.19. The van der Waals surface area contributed by atoms with E-state index in [4.69, 9.17) is 14.3 Å². The summed E-state index contributed by atoms with van der Waals surface area (Å²) in [5.41, 5.74) is 1.37. The lowest BCUT2D eigenvalue weighted by Crippen LogP contribution is -1.99. The molecule has 0 atom stereocenters. The number of carboxylic acid groups (broad SMARTS) is 1. The molecule has 96 valence electrons. The second-order valence-corrected chi connectivity index (χ2v) is 4.86. The maximum absolute atomic E-state index is 11.2. The molecule has 0 spiro atoms. The molecular formula is C13H14O4S. The normalized spacial score (nSPS) is 10.9. The Morgan fingerprint density at radius 1 is 1.44 bits per heavy atom. The van der Waals surface area contributed by atoms with E-state index in [-0.39, 0.29) is 5.76 Å². The van der Waals surface area contributed by atoms with Crippen molar-refractivity contribution >= 4 is 28.7 Å². The van der Waals surface area contributed by atoms with Gasteiger partial charge < -0.3 is 14.3 Å². The number of furan rings is 1. The Balaban J connectivity index is 2.27. The van der Waals surface area contributed by atoms with Crippen molar-refractivity contribution in [2.75, 3.05) is 19.5 Å². The molecule has 1 heterocycles. The van der Waals surface area contributed by atoms with Crippen molar-refractivity contribution in [2.24, 2.45) is 0 Å². The predicted octanol–water partition coefficient (Wildman–Crippen LogP) is 3.01. The Kier molecular flexibility index (Phi) is 4.28.